The minimum absolute atomic E-state index is 0.0897. The van der Waals surface area contributed by atoms with Gasteiger partial charge in [-0.05, 0) is 45.2 Å². The predicted octanol–water partition coefficient (Wildman–Crippen LogP) is 2.36. The van der Waals surface area contributed by atoms with Crippen molar-refractivity contribution >= 4 is 11.9 Å². The molecular weight excluding hydrogens is 326 g/mol. The maximum absolute atomic E-state index is 11.9. The summed E-state index contributed by atoms with van der Waals surface area (Å²) in [5.41, 5.74) is 0. The third kappa shape index (κ3) is 8.88. The van der Waals surface area contributed by atoms with Crippen LogP contribution in [0.2, 0.25) is 0 Å². The van der Waals surface area contributed by atoms with Crippen molar-refractivity contribution in [3.63, 3.8) is 0 Å². The molecule has 0 aliphatic carbocycles. The lowest BCUT2D eigenvalue weighted by Crippen LogP contribution is -2.50. The molecule has 1 fully saturated rings. The van der Waals surface area contributed by atoms with Gasteiger partial charge in [-0.25, -0.2) is 0 Å². The normalized spacial score (nSPS) is 18.9. The first-order valence-electron chi connectivity index (χ1n) is 10.5. The number of guanidine groups is 1. The van der Waals surface area contributed by atoms with Crippen LogP contribution in [0.5, 0.6) is 0 Å². The molecule has 2 unspecified atom stereocenters. The predicted molar refractivity (Wildman–Crippen MR) is 111 cm³/mol. The van der Waals surface area contributed by atoms with Gasteiger partial charge in [0.1, 0.15) is 0 Å². The zero-order valence-corrected chi connectivity index (χ0v) is 17.6. The SMILES string of the molecule is CCC(C)NC(=O)CCNC(=NC)NCC(C(C)C)N1CCCCCC1. The van der Waals surface area contributed by atoms with Crippen molar-refractivity contribution in [3.8, 4) is 0 Å². The molecular formula is C20H41N5O. The number of amides is 1. The van der Waals surface area contributed by atoms with Gasteiger partial charge in [0, 0.05) is 38.6 Å². The summed E-state index contributed by atoms with van der Waals surface area (Å²) in [6.07, 6.45) is 6.75. The van der Waals surface area contributed by atoms with Crippen LogP contribution < -0.4 is 16.0 Å². The second kappa shape index (κ2) is 13.0. The number of likely N-dealkylation sites (tertiary alicyclic amines) is 1. The fourth-order valence-electron chi connectivity index (χ4n) is 3.38. The van der Waals surface area contributed by atoms with Gasteiger partial charge in [0.05, 0.1) is 0 Å². The van der Waals surface area contributed by atoms with Gasteiger partial charge >= 0.3 is 0 Å². The summed E-state index contributed by atoms with van der Waals surface area (Å²) in [7, 11) is 1.78. The Morgan fingerprint density at radius 2 is 1.73 bits per heavy atom. The first kappa shape index (κ1) is 22.7. The van der Waals surface area contributed by atoms with Crippen LogP contribution in [0.15, 0.2) is 4.99 Å². The lowest BCUT2D eigenvalue weighted by Gasteiger charge is -2.34. The number of nitrogens with zero attached hydrogens (tertiary/aromatic N) is 2. The average molecular weight is 368 g/mol. The topological polar surface area (TPSA) is 68.8 Å². The van der Waals surface area contributed by atoms with Gasteiger partial charge in [-0.15, -0.1) is 0 Å². The fraction of sp³-hybridized carbons (Fsp3) is 0.900. The smallest absolute Gasteiger partial charge is 0.221 e. The summed E-state index contributed by atoms with van der Waals surface area (Å²) >= 11 is 0. The lowest BCUT2D eigenvalue weighted by molar-refractivity contribution is -0.121. The molecule has 0 aromatic rings. The van der Waals surface area contributed by atoms with E-state index in [4.69, 9.17) is 0 Å². The van der Waals surface area contributed by atoms with Gasteiger partial charge in [0.15, 0.2) is 5.96 Å². The molecule has 0 spiro atoms. The van der Waals surface area contributed by atoms with E-state index in [1.165, 1.54) is 38.8 Å². The fourth-order valence-corrected chi connectivity index (χ4v) is 3.38. The summed E-state index contributed by atoms with van der Waals surface area (Å²) in [6, 6.07) is 0.751. The van der Waals surface area contributed by atoms with Crippen molar-refractivity contribution in [2.45, 2.75) is 78.3 Å². The van der Waals surface area contributed by atoms with E-state index in [1.54, 1.807) is 7.05 Å². The van der Waals surface area contributed by atoms with Crippen LogP contribution >= 0.6 is 0 Å². The second-order valence-electron chi connectivity index (χ2n) is 7.77. The zero-order chi connectivity index (χ0) is 19.4. The number of carbonyl (C=O) groups is 1. The molecule has 1 amide bonds. The Morgan fingerprint density at radius 1 is 1.08 bits per heavy atom. The van der Waals surface area contributed by atoms with Gasteiger partial charge in [0.25, 0.3) is 0 Å². The van der Waals surface area contributed by atoms with Crippen LogP contribution in [0.3, 0.4) is 0 Å². The van der Waals surface area contributed by atoms with Gasteiger partial charge in [-0.3, -0.25) is 14.7 Å². The highest BCUT2D eigenvalue weighted by Gasteiger charge is 2.22. The highest BCUT2D eigenvalue weighted by atomic mass is 16.1. The number of nitrogens with one attached hydrogen (secondary N) is 3. The Morgan fingerprint density at radius 3 is 2.27 bits per heavy atom. The van der Waals surface area contributed by atoms with Crippen LogP contribution in [-0.2, 0) is 4.79 Å². The molecule has 26 heavy (non-hydrogen) atoms. The molecule has 0 saturated carbocycles. The zero-order valence-electron chi connectivity index (χ0n) is 17.6. The summed E-state index contributed by atoms with van der Waals surface area (Å²) in [5.74, 6) is 1.47. The molecule has 6 nitrogen and oxygen atoms in total. The van der Waals surface area contributed by atoms with Crippen LogP contribution in [0, 0.1) is 5.92 Å². The molecule has 152 valence electrons. The Hall–Kier alpha value is -1.30. The number of hydrogen-bond donors (Lipinski definition) is 3. The molecule has 3 N–H and O–H groups in total. The van der Waals surface area contributed by atoms with E-state index in [0.29, 0.717) is 24.9 Å². The van der Waals surface area contributed by atoms with Crippen molar-refractivity contribution in [3.05, 3.63) is 0 Å². The molecule has 0 aromatic heterocycles. The Kier molecular flexibility index (Phi) is 11.3. The first-order chi connectivity index (χ1) is 12.5. The van der Waals surface area contributed by atoms with Crippen molar-refractivity contribution < 1.29 is 4.79 Å². The van der Waals surface area contributed by atoms with E-state index in [-0.39, 0.29) is 11.9 Å². The monoisotopic (exact) mass is 367 g/mol. The number of carbonyl (C=O) groups excluding carboxylic acids is 1. The maximum Gasteiger partial charge on any atom is 0.221 e. The van der Waals surface area contributed by atoms with Gasteiger partial charge < -0.3 is 16.0 Å². The van der Waals surface area contributed by atoms with E-state index in [9.17, 15) is 4.79 Å². The lowest BCUT2D eigenvalue weighted by atomic mass is 10.0. The van der Waals surface area contributed by atoms with Crippen LogP contribution in [0.1, 0.15) is 66.2 Å². The van der Waals surface area contributed by atoms with E-state index >= 15 is 0 Å². The largest absolute Gasteiger partial charge is 0.356 e. The van der Waals surface area contributed by atoms with E-state index in [0.717, 1.165) is 18.9 Å². The summed E-state index contributed by atoms with van der Waals surface area (Å²) in [4.78, 5) is 18.8. The van der Waals surface area contributed by atoms with Crippen LogP contribution in [-0.4, -0.2) is 62.1 Å². The quantitative estimate of drug-likeness (QED) is 0.432. The van der Waals surface area contributed by atoms with E-state index in [1.807, 2.05) is 6.92 Å². The van der Waals surface area contributed by atoms with Gasteiger partial charge in [-0.1, -0.05) is 33.6 Å². The molecule has 0 aromatic carbocycles. The van der Waals surface area contributed by atoms with E-state index in [2.05, 4.69) is 46.6 Å². The van der Waals surface area contributed by atoms with Crippen molar-refractivity contribution in [2.75, 3.05) is 33.2 Å². The summed E-state index contributed by atoms with van der Waals surface area (Å²) in [6.45, 7) is 12.6. The standard InChI is InChI=1S/C20H41N5O/c1-6-17(4)24-19(26)11-12-22-20(21-5)23-15-18(16(2)3)25-13-9-7-8-10-14-25/h16-18H,6-15H2,1-5H3,(H,24,26)(H2,21,22,23). The van der Waals surface area contributed by atoms with Gasteiger partial charge in [-0.2, -0.15) is 0 Å². The van der Waals surface area contributed by atoms with Crippen LogP contribution in [0.25, 0.3) is 0 Å². The van der Waals surface area contributed by atoms with Gasteiger partial charge in [0.2, 0.25) is 5.91 Å². The third-order valence-corrected chi connectivity index (χ3v) is 5.25. The highest BCUT2D eigenvalue weighted by Crippen LogP contribution is 2.17. The van der Waals surface area contributed by atoms with Crippen molar-refractivity contribution in [2.24, 2.45) is 10.9 Å². The minimum atomic E-state index is 0.0897. The highest BCUT2D eigenvalue weighted by molar-refractivity contribution is 5.81. The van der Waals surface area contributed by atoms with Crippen LogP contribution in [0.4, 0.5) is 0 Å². The Bertz CT molecular complexity index is 416. The summed E-state index contributed by atoms with van der Waals surface area (Å²) in [5, 5.41) is 9.71. The molecule has 1 heterocycles. The Balaban J connectivity index is 2.39. The molecule has 0 bridgehead atoms. The third-order valence-electron chi connectivity index (χ3n) is 5.25. The Labute approximate surface area is 160 Å². The molecule has 2 atom stereocenters. The number of hydrogen-bond acceptors (Lipinski definition) is 3. The van der Waals surface area contributed by atoms with E-state index < -0.39 is 0 Å². The molecule has 1 saturated heterocycles. The second-order valence-corrected chi connectivity index (χ2v) is 7.77. The van der Waals surface area contributed by atoms with Crippen molar-refractivity contribution in [1.29, 1.82) is 0 Å². The molecule has 6 heteroatoms. The molecule has 1 aliphatic rings. The summed E-state index contributed by atoms with van der Waals surface area (Å²) < 4.78 is 0. The van der Waals surface area contributed by atoms with Crippen molar-refractivity contribution in [1.82, 2.24) is 20.9 Å². The number of rotatable bonds is 9. The molecule has 1 aliphatic heterocycles. The number of aliphatic imine (C=N–C) groups is 1. The average Bonchev–Trinajstić information content (AvgIpc) is 2.89. The molecule has 1 rings (SSSR count). The first-order valence-corrected chi connectivity index (χ1v) is 10.5. The minimum Gasteiger partial charge on any atom is -0.356 e. The maximum atomic E-state index is 11.9. The molecule has 0 radical (unpaired) electrons.